The van der Waals surface area contributed by atoms with Crippen LogP contribution >= 0.6 is 11.8 Å². The van der Waals surface area contributed by atoms with Crippen LogP contribution in [0.25, 0.3) is 0 Å². The highest BCUT2D eigenvalue weighted by Crippen LogP contribution is 2.09. The fraction of sp³-hybridized carbons (Fsp3) is 0.577. The number of benzene rings is 1. The Hall–Kier alpha value is -2.88. The fourth-order valence-corrected chi connectivity index (χ4v) is 4.01. The molecule has 0 fully saturated rings. The van der Waals surface area contributed by atoms with Crippen molar-refractivity contribution < 1.29 is 24.0 Å². The van der Waals surface area contributed by atoms with Gasteiger partial charge in [-0.15, -0.1) is 0 Å². The van der Waals surface area contributed by atoms with Gasteiger partial charge in [0.05, 0.1) is 0 Å². The van der Waals surface area contributed by atoms with Crippen molar-refractivity contribution in [1.29, 1.82) is 0 Å². The molecule has 0 aliphatic rings. The summed E-state index contributed by atoms with van der Waals surface area (Å²) in [6, 6.07) is 6.75. The Bertz CT molecular complexity index is 878. The van der Waals surface area contributed by atoms with Crippen LogP contribution in [0.5, 0.6) is 0 Å². The van der Waals surface area contributed by atoms with Gasteiger partial charge in [0, 0.05) is 26.3 Å². The van der Waals surface area contributed by atoms with Gasteiger partial charge >= 0.3 is 0 Å². The zero-order valence-electron chi connectivity index (χ0n) is 21.9. The SMILES string of the molecule is CSCCC(NC(C)=O)C(=O)NC(CC(C)C)C(=O)NC(Cc1ccccc1)C(=O)NCCC(C)=O. The van der Waals surface area contributed by atoms with E-state index in [1.807, 2.05) is 50.4 Å². The summed E-state index contributed by atoms with van der Waals surface area (Å²) in [5.74, 6) is -0.946. The molecule has 0 saturated heterocycles. The van der Waals surface area contributed by atoms with Gasteiger partial charge in [0.2, 0.25) is 23.6 Å². The van der Waals surface area contributed by atoms with Crippen LogP contribution in [0.1, 0.15) is 52.5 Å². The highest BCUT2D eigenvalue weighted by atomic mass is 32.2. The zero-order chi connectivity index (χ0) is 27.1. The van der Waals surface area contributed by atoms with E-state index in [4.69, 9.17) is 0 Å². The summed E-state index contributed by atoms with van der Waals surface area (Å²) in [7, 11) is 0. The molecule has 0 saturated carbocycles. The second kappa shape index (κ2) is 16.7. The Kier molecular flexibility index (Phi) is 14.5. The molecule has 3 atom stereocenters. The third-order valence-corrected chi connectivity index (χ3v) is 5.98. The first-order valence-electron chi connectivity index (χ1n) is 12.2. The molecule has 0 heterocycles. The number of ketones is 1. The number of Topliss-reactive ketones (excluding diaryl/α,β-unsaturated/α-hetero) is 1. The van der Waals surface area contributed by atoms with Crippen LogP contribution in [0.3, 0.4) is 0 Å². The van der Waals surface area contributed by atoms with Crippen LogP contribution in [0.4, 0.5) is 0 Å². The maximum atomic E-state index is 13.3. The van der Waals surface area contributed by atoms with Crippen molar-refractivity contribution in [3.8, 4) is 0 Å². The van der Waals surface area contributed by atoms with Gasteiger partial charge in [-0.05, 0) is 43.3 Å². The molecule has 0 aliphatic carbocycles. The zero-order valence-corrected chi connectivity index (χ0v) is 22.7. The summed E-state index contributed by atoms with van der Waals surface area (Å²) in [5.41, 5.74) is 0.858. The van der Waals surface area contributed by atoms with Crippen LogP contribution < -0.4 is 21.3 Å². The topological polar surface area (TPSA) is 133 Å². The minimum absolute atomic E-state index is 0.0474. The largest absolute Gasteiger partial charge is 0.354 e. The van der Waals surface area contributed by atoms with Gasteiger partial charge in [-0.3, -0.25) is 24.0 Å². The molecule has 10 heteroatoms. The molecule has 0 radical (unpaired) electrons. The minimum Gasteiger partial charge on any atom is -0.354 e. The van der Waals surface area contributed by atoms with Crippen molar-refractivity contribution in [2.45, 2.75) is 71.5 Å². The summed E-state index contributed by atoms with van der Waals surface area (Å²) in [4.78, 5) is 62.0. The minimum atomic E-state index is -0.888. The van der Waals surface area contributed by atoms with Crippen molar-refractivity contribution >= 4 is 41.2 Å². The molecule has 0 spiro atoms. The normalized spacial score (nSPS) is 13.3. The van der Waals surface area contributed by atoms with Gasteiger partial charge in [-0.1, -0.05) is 44.2 Å². The predicted octanol–water partition coefficient (Wildman–Crippen LogP) is 1.60. The van der Waals surface area contributed by atoms with E-state index in [9.17, 15) is 24.0 Å². The molecule has 0 aromatic heterocycles. The second-order valence-electron chi connectivity index (χ2n) is 9.22. The van der Waals surface area contributed by atoms with Crippen LogP contribution in [-0.2, 0) is 30.4 Å². The smallest absolute Gasteiger partial charge is 0.243 e. The van der Waals surface area contributed by atoms with Crippen molar-refractivity contribution in [3.05, 3.63) is 35.9 Å². The third kappa shape index (κ3) is 12.7. The number of nitrogens with one attached hydrogen (secondary N) is 4. The predicted molar refractivity (Wildman–Crippen MR) is 142 cm³/mol. The van der Waals surface area contributed by atoms with E-state index in [0.717, 1.165) is 5.56 Å². The Morgan fingerprint density at radius 2 is 1.44 bits per heavy atom. The lowest BCUT2D eigenvalue weighted by Gasteiger charge is -2.26. The first-order valence-corrected chi connectivity index (χ1v) is 13.6. The molecule has 0 bridgehead atoms. The van der Waals surface area contributed by atoms with E-state index in [-0.39, 0.29) is 37.0 Å². The van der Waals surface area contributed by atoms with Gasteiger partial charge < -0.3 is 21.3 Å². The Balaban J connectivity index is 3.03. The highest BCUT2D eigenvalue weighted by molar-refractivity contribution is 7.98. The molecule has 3 unspecified atom stereocenters. The lowest BCUT2D eigenvalue weighted by Crippen LogP contribution is -2.57. The number of carbonyl (C=O) groups excluding carboxylic acids is 5. The first-order chi connectivity index (χ1) is 17.0. The maximum Gasteiger partial charge on any atom is 0.243 e. The molecule has 0 aliphatic heterocycles. The van der Waals surface area contributed by atoms with E-state index in [0.29, 0.717) is 18.6 Å². The monoisotopic (exact) mass is 520 g/mol. The van der Waals surface area contributed by atoms with Crippen LogP contribution in [0.2, 0.25) is 0 Å². The summed E-state index contributed by atoms with van der Waals surface area (Å²) in [6.45, 7) is 6.83. The molecule has 36 heavy (non-hydrogen) atoms. The number of amides is 4. The van der Waals surface area contributed by atoms with E-state index < -0.39 is 35.8 Å². The number of rotatable bonds is 16. The number of thioether (sulfide) groups is 1. The lowest BCUT2D eigenvalue weighted by atomic mass is 10.0. The van der Waals surface area contributed by atoms with E-state index in [1.54, 1.807) is 11.8 Å². The fourth-order valence-electron chi connectivity index (χ4n) is 3.54. The standard InChI is InChI=1S/C26H40N4O5S/c1-17(2)15-22(29-25(34)21(12-14-36-5)28-19(4)32)26(35)30-23(16-20-9-7-6-8-10-20)24(33)27-13-11-18(3)31/h6-10,17,21-23H,11-16H2,1-5H3,(H,27,33)(H,28,32)(H,29,34)(H,30,35). The molecule has 1 aromatic carbocycles. The summed E-state index contributed by atoms with van der Waals surface area (Å²) in [6.07, 6.45) is 3.15. The molecular weight excluding hydrogens is 480 g/mol. The average Bonchev–Trinajstić information content (AvgIpc) is 2.80. The molecular formula is C26H40N4O5S. The van der Waals surface area contributed by atoms with Gasteiger partial charge in [0.25, 0.3) is 0 Å². The van der Waals surface area contributed by atoms with Crippen LogP contribution in [0, 0.1) is 5.92 Å². The van der Waals surface area contributed by atoms with Crippen LogP contribution in [-0.4, -0.2) is 66.1 Å². The Morgan fingerprint density at radius 3 is 2.00 bits per heavy atom. The molecule has 1 rings (SSSR count). The first kappa shape index (κ1) is 31.2. The number of hydrogen-bond donors (Lipinski definition) is 4. The van der Waals surface area contributed by atoms with Gasteiger partial charge in [-0.25, -0.2) is 0 Å². The number of carbonyl (C=O) groups is 5. The number of hydrogen-bond acceptors (Lipinski definition) is 6. The van der Waals surface area contributed by atoms with E-state index >= 15 is 0 Å². The molecule has 1 aromatic rings. The van der Waals surface area contributed by atoms with Gasteiger partial charge in [-0.2, -0.15) is 11.8 Å². The Morgan fingerprint density at radius 1 is 0.833 bits per heavy atom. The van der Waals surface area contributed by atoms with E-state index in [1.165, 1.54) is 13.8 Å². The average molecular weight is 521 g/mol. The molecule has 200 valence electrons. The highest BCUT2D eigenvalue weighted by Gasteiger charge is 2.30. The van der Waals surface area contributed by atoms with Gasteiger partial charge in [0.15, 0.2) is 0 Å². The lowest BCUT2D eigenvalue weighted by molar-refractivity contribution is -0.133. The maximum absolute atomic E-state index is 13.3. The summed E-state index contributed by atoms with van der Waals surface area (Å²) >= 11 is 1.55. The summed E-state index contributed by atoms with van der Waals surface area (Å²) < 4.78 is 0. The molecule has 4 amide bonds. The second-order valence-corrected chi connectivity index (χ2v) is 10.2. The molecule has 9 nitrogen and oxygen atoms in total. The quantitative estimate of drug-likeness (QED) is 0.262. The molecule has 4 N–H and O–H groups in total. The van der Waals surface area contributed by atoms with Crippen molar-refractivity contribution in [2.75, 3.05) is 18.6 Å². The van der Waals surface area contributed by atoms with Crippen LogP contribution in [0.15, 0.2) is 30.3 Å². The van der Waals surface area contributed by atoms with Crippen molar-refractivity contribution in [1.82, 2.24) is 21.3 Å². The summed E-state index contributed by atoms with van der Waals surface area (Å²) in [5, 5.41) is 10.9. The van der Waals surface area contributed by atoms with Crippen molar-refractivity contribution in [2.24, 2.45) is 5.92 Å². The van der Waals surface area contributed by atoms with Gasteiger partial charge in [0.1, 0.15) is 23.9 Å². The van der Waals surface area contributed by atoms with E-state index in [2.05, 4.69) is 21.3 Å². The third-order valence-electron chi connectivity index (χ3n) is 5.34. The Labute approximate surface area is 218 Å². The van der Waals surface area contributed by atoms with Crippen molar-refractivity contribution in [3.63, 3.8) is 0 Å².